The zero-order valence-electron chi connectivity index (χ0n) is 14.1. The van der Waals surface area contributed by atoms with E-state index in [1.54, 1.807) is 18.4 Å². The van der Waals surface area contributed by atoms with E-state index < -0.39 is 12.0 Å². The van der Waals surface area contributed by atoms with Gasteiger partial charge in [0.25, 0.3) is 5.56 Å². The lowest BCUT2D eigenvalue weighted by atomic mass is 9.96. The Morgan fingerprint density at radius 3 is 2.64 bits per heavy atom. The van der Waals surface area contributed by atoms with Crippen molar-refractivity contribution in [3.8, 4) is 0 Å². The summed E-state index contributed by atoms with van der Waals surface area (Å²) in [5, 5.41) is 0. The minimum atomic E-state index is -0.527. The number of hydrogen-bond acceptors (Lipinski definition) is 5. The van der Waals surface area contributed by atoms with Gasteiger partial charge in [0, 0.05) is 3.58 Å². The van der Waals surface area contributed by atoms with Gasteiger partial charge in [0.2, 0.25) is 0 Å². The fourth-order valence-corrected chi connectivity index (χ4v) is 4.39. The van der Waals surface area contributed by atoms with Crippen molar-refractivity contribution in [2.24, 2.45) is 4.99 Å². The van der Waals surface area contributed by atoms with Crippen LogP contribution in [0, 0.1) is 0 Å². The van der Waals surface area contributed by atoms with Crippen LogP contribution in [0.4, 0.5) is 0 Å². The fraction of sp³-hybridized carbons (Fsp3) is 0.278. The largest absolute Gasteiger partial charge is 0.463 e. The van der Waals surface area contributed by atoms with Gasteiger partial charge in [-0.3, -0.25) is 9.36 Å². The molecule has 7 heteroatoms. The van der Waals surface area contributed by atoms with Crippen LogP contribution in [0.1, 0.15) is 32.4 Å². The highest BCUT2D eigenvalue weighted by molar-refractivity contribution is 14.1. The van der Waals surface area contributed by atoms with Crippen molar-refractivity contribution in [1.29, 1.82) is 0 Å². The summed E-state index contributed by atoms with van der Waals surface area (Å²) in [6, 6.07) is 9.00. The maximum Gasteiger partial charge on any atom is 0.338 e. The van der Waals surface area contributed by atoms with Gasteiger partial charge in [0.05, 0.1) is 23.9 Å². The third-order valence-corrected chi connectivity index (χ3v) is 5.98. The van der Waals surface area contributed by atoms with Crippen molar-refractivity contribution in [2.45, 2.75) is 26.8 Å². The number of nitrogens with zero attached hydrogens (tertiary/aromatic N) is 2. The van der Waals surface area contributed by atoms with E-state index in [4.69, 9.17) is 4.74 Å². The van der Waals surface area contributed by atoms with Gasteiger partial charge in [0.1, 0.15) is 4.53 Å². The normalized spacial score (nSPS) is 17.7. The highest BCUT2D eigenvalue weighted by Crippen LogP contribution is 2.30. The molecule has 2 heterocycles. The minimum absolute atomic E-state index is 0.126. The predicted molar refractivity (Wildman–Crippen MR) is 106 cm³/mol. The Morgan fingerprint density at radius 2 is 2.04 bits per heavy atom. The number of hydrogen-bond donors (Lipinski definition) is 0. The molecule has 0 amide bonds. The second kappa shape index (κ2) is 7.25. The first-order valence-electron chi connectivity index (χ1n) is 7.85. The monoisotopic (exact) mass is 468 g/mol. The highest BCUT2D eigenvalue weighted by atomic mass is 127. The maximum atomic E-state index is 13.0. The summed E-state index contributed by atoms with van der Waals surface area (Å²) in [5.74, 6) is -0.432. The van der Waals surface area contributed by atoms with Gasteiger partial charge in [-0.05, 0) is 48.9 Å². The molecule has 1 aliphatic rings. The molecule has 5 nitrogen and oxygen atoms in total. The van der Waals surface area contributed by atoms with Crippen LogP contribution in [0.25, 0.3) is 3.58 Å². The molecular formula is C18H17IN2O3S. The molecule has 1 aromatic carbocycles. The number of ether oxygens (including phenoxy) is 1. The van der Waals surface area contributed by atoms with Crippen LogP contribution in [-0.4, -0.2) is 17.1 Å². The third kappa shape index (κ3) is 3.22. The Hall–Kier alpha value is -1.74. The second-order valence-corrected chi connectivity index (χ2v) is 8.16. The Labute approximate surface area is 162 Å². The smallest absolute Gasteiger partial charge is 0.338 e. The Bertz CT molecular complexity index is 1030. The molecule has 0 fully saturated rings. The summed E-state index contributed by atoms with van der Waals surface area (Å²) >= 11 is 3.50. The first-order valence-corrected chi connectivity index (χ1v) is 9.74. The van der Waals surface area contributed by atoms with E-state index in [1.807, 2.05) is 37.3 Å². The van der Waals surface area contributed by atoms with Gasteiger partial charge in [-0.25, -0.2) is 9.79 Å². The standard InChI is InChI=1S/C18H17IN2O3S/c1-4-24-17(23)13-11(3)20-18-21(16(22)15(25-18)10(2)19)14(13)12-8-6-5-7-9-12/h5-9,14H,4H2,1-3H3/b15-10-. The van der Waals surface area contributed by atoms with E-state index in [0.29, 0.717) is 20.6 Å². The van der Waals surface area contributed by atoms with Crippen LogP contribution < -0.4 is 14.9 Å². The zero-order valence-corrected chi connectivity index (χ0v) is 17.1. The number of allylic oxidation sites excluding steroid dienone is 1. The molecule has 0 spiro atoms. The van der Waals surface area contributed by atoms with E-state index in [9.17, 15) is 9.59 Å². The number of fused-ring (bicyclic) bond motifs is 1. The third-order valence-electron chi connectivity index (χ3n) is 3.92. The van der Waals surface area contributed by atoms with E-state index >= 15 is 0 Å². The van der Waals surface area contributed by atoms with Crippen molar-refractivity contribution >= 4 is 43.5 Å². The van der Waals surface area contributed by atoms with Gasteiger partial charge in [-0.1, -0.05) is 41.7 Å². The molecule has 3 rings (SSSR count). The van der Waals surface area contributed by atoms with Gasteiger partial charge in [0.15, 0.2) is 4.80 Å². The second-order valence-electron chi connectivity index (χ2n) is 5.57. The van der Waals surface area contributed by atoms with Crippen molar-refractivity contribution in [1.82, 2.24) is 4.57 Å². The number of thiazole rings is 1. The molecule has 0 radical (unpaired) electrons. The van der Waals surface area contributed by atoms with Crippen LogP contribution in [-0.2, 0) is 9.53 Å². The molecule has 1 aromatic heterocycles. The molecule has 1 aliphatic heterocycles. The molecule has 2 aromatic rings. The quantitative estimate of drug-likeness (QED) is 0.514. The van der Waals surface area contributed by atoms with Crippen LogP contribution in [0.15, 0.2) is 51.4 Å². The van der Waals surface area contributed by atoms with Crippen LogP contribution >= 0.6 is 33.9 Å². The number of rotatable bonds is 3. The Morgan fingerprint density at radius 1 is 1.36 bits per heavy atom. The van der Waals surface area contributed by atoms with Crippen LogP contribution in [0.3, 0.4) is 0 Å². The topological polar surface area (TPSA) is 60.7 Å². The minimum Gasteiger partial charge on any atom is -0.463 e. The summed E-state index contributed by atoms with van der Waals surface area (Å²) in [6.07, 6.45) is 0. The van der Waals surface area contributed by atoms with E-state index in [2.05, 4.69) is 27.6 Å². The molecule has 0 aliphatic carbocycles. The van der Waals surface area contributed by atoms with E-state index in [-0.39, 0.29) is 12.2 Å². The molecule has 0 saturated heterocycles. The van der Waals surface area contributed by atoms with Crippen LogP contribution in [0.2, 0.25) is 0 Å². The molecule has 0 saturated carbocycles. The number of esters is 1. The number of aromatic nitrogens is 1. The van der Waals surface area contributed by atoms with Crippen molar-refractivity contribution in [2.75, 3.05) is 6.61 Å². The molecule has 1 atom stereocenters. The fourth-order valence-electron chi connectivity index (χ4n) is 2.85. The maximum absolute atomic E-state index is 13.0. The molecule has 0 N–H and O–H groups in total. The van der Waals surface area contributed by atoms with Gasteiger partial charge in [-0.15, -0.1) is 0 Å². The first kappa shape index (κ1) is 18.1. The predicted octanol–water partition coefficient (Wildman–Crippen LogP) is 2.53. The summed E-state index contributed by atoms with van der Waals surface area (Å²) in [7, 11) is 0. The number of carbonyl (C=O) groups is 1. The molecule has 130 valence electrons. The van der Waals surface area contributed by atoms with Crippen molar-refractivity contribution in [3.63, 3.8) is 0 Å². The van der Waals surface area contributed by atoms with Gasteiger partial charge >= 0.3 is 5.97 Å². The van der Waals surface area contributed by atoms with Crippen molar-refractivity contribution in [3.05, 3.63) is 66.9 Å². The molecular weight excluding hydrogens is 451 g/mol. The van der Waals surface area contributed by atoms with Gasteiger partial charge < -0.3 is 4.74 Å². The zero-order chi connectivity index (χ0) is 18.1. The Kier molecular flexibility index (Phi) is 5.24. The number of halogens is 1. The first-order chi connectivity index (χ1) is 12.0. The lowest BCUT2D eigenvalue weighted by Gasteiger charge is -2.24. The lowest BCUT2D eigenvalue weighted by Crippen LogP contribution is -2.40. The number of benzene rings is 1. The van der Waals surface area contributed by atoms with E-state index in [0.717, 1.165) is 9.14 Å². The van der Waals surface area contributed by atoms with Crippen LogP contribution in [0.5, 0.6) is 0 Å². The SMILES string of the molecule is CCOC(=O)C1=C(C)N=c2s/c(=C(/C)I)c(=O)n2C1c1ccccc1. The summed E-state index contributed by atoms with van der Waals surface area (Å²) in [5.41, 5.74) is 1.74. The molecule has 0 bridgehead atoms. The van der Waals surface area contributed by atoms with Crippen molar-refractivity contribution < 1.29 is 9.53 Å². The Balaban J connectivity index is 2.36. The average Bonchev–Trinajstić information content (AvgIpc) is 2.91. The number of carbonyl (C=O) groups excluding carboxylic acids is 1. The summed E-state index contributed by atoms with van der Waals surface area (Å²) in [4.78, 5) is 30.7. The van der Waals surface area contributed by atoms with E-state index in [1.165, 1.54) is 11.3 Å². The lowest BCUT2D eigenvalue weighted by molar-refractivity contribution is -0.139. The molecule has 25 heavy (non-hydrogen) atoms. The molecule has 1 unspecified atom stereocenters. The van der Waals surface area contributed by atoms with Gasteiger partial charge in [-0.2, -0.15) is 0 Å². The average molecular weight is 468 g/mol. The summed E-state index contributed by atoms with van der Waals surface area (Å²) in [6.45, 7) is 5.72. The highest BCUT2D eigenvalue weighted by Gasteiger charge is 2.33. The summed E-state index contributed by atoms with van der Waals surface area (Å²) < 4.78 is 8.41.